The highest BCUT2D eigenvalue weighted by molar-refractivity contribution is 7.15. The molecule has 1 amide bonds. The molecule has 2 N–H and O–H groups in total. The number of nitrogens with one attached hydrogen (secondary N) is 2. The average Bonchev–Trinajstić information content (AvgIpc) is 2.93. The van der Waals surface area contributed by atoms with Crippen LogP contribution in [0.25, 0.3) is 0 Å². The van der Waals surface area contributed by atoms with E-state index in [9.17, 15) is 18.0 Å². The van der Waals surface area contributed by atoms with Gasteiger partial charge in [-0.1, -0.05) is 17.4 Å². The van der Waals surface area contributed by atoms with Crippen molar-refractivity contribution in [3.63, 3.8) is 0 Å². The van der Waals surface area contributed by atoms with Crippen molar-refractivity contribution in [3.05, 3.63) is 28.8 Å². The summed E-state index contributed by atoms with van der Waals surface area (Å²) in [7, 11) is 1.47. The molecule has 1 heterocycles. The smallest absolute Gasteiger partial charge is 0.445 e. The molecule has 23 heavy (non-hydrogen) atoms. The molecular formula is C13H13F3N4O2S. The standard InChI is InChI=1S/C13H13F3N4O2S/c1-7(21)18-9-5-8(3-4-10(9)22-2)6-17-12-20-19-11(23-12)13(14,15)16/h3-5H,6H2,1-2H3,(H,17,20)(H,18,21). The minimum absolute atomic E-state index is 0.0641. The number of alkyl halides is 3. The summed E-state index contributed by atoms with van der Waals surface area (Å²) in [6.45, 7) is 1.59. The molecule has 1 aromatic carbocycles. The summed E-state index contributed by atoms with van der Waals surface area (Å²) in [4.78, 5) is 11.2. The van der Waals surface area contributed by atoms with Crippen LogP contribution < -0.4 is 15.4 Å². The number of amides is 1. The number of hydrogen-bond donors (Lipinski definition) is 2. The first kappa shape index (κ1) is 17.0. The molecule has 2 aromatic rings. The predicted molar refractivity (Wildman–Crippen MR) is 79.5 cm³/mol. The van der Waals surface area contributed by atoms with Crippen LogP contribution in [0.3, 0.4) is 0 Å². The van der Waals surface area contributed by atoms with Gasteiger partial charge >= 0.3 is 6.18 Å². The Kier molecular flexibility index (Phi) is 5.04. The number of methoxy groups -OCH3 is 1. The fraction of sp³-hybridized carbons (Fsp3) is 0.308. The summed E-state index contributed by atoms with van der Waals surface area (Å²) in [6, 6.07) is 5.05. The summed E-state index contributed by atoms with van der Waals surface area (Å²) in [5, 5.41) is 11.0. The number of rotatable bonds is 5. The van der Waals surface area contributed by atoms with E-state index in [1.54, 1.807) is 18.2 Å². The van der Waals surface area contributed by atoms with Crippen LogP contribution in [0.15, 0.2) is 18.2 Å². The third-order valence-electron chi connectivity index (χ3n) is 2.69. The molecule has 6 nitrogen and oxygen atoms in total. The van der Waals surface area contributed by atoms with Gasteiger partial charge in [0.05, 0.1) is 12.8 Å². The lowest BCUT2D eigenvalue weighted by Crippen LogP contribution is -2.08. The van der Waals surface area contributed by atoms with Crippen LogP contribution in [-0.2, 0) is 17.5 Å². The van der Waals surface area contributed by atoms with Crippen molar-refractivity contribution in [1.29, 1.82) is 0 Å². The van der Waals surface area contributed by atoms with E-state index in [1.165, 1.54) is 14.0 Å². The number of carbonyl (C=O) groups is 1. The molecule has 0 saturated carbocycles. The Morgan fingerprint density at radius 1 is 1.35 bits per heavy atom. The van der Waals surface area contributed by atoms with Gasteiger partial charge in [-0.05, 0) is 17.7 Å². The molecule has 0 atom stereocenters. The molecule has 0 spiro atoms. The lowest BCUT2D eigenvalue weighted by atomic mass is 10.2. The fourth-order valence-corrected chi connectivity index (χ4v) is 2.35. The first-order chi connectivity index (χ1) is 10.8. The van der Waals surface area contributed by atoms with Crippen molar-refractivity contribution in [3.8, 4) is 5.75 Å². The quantitative estimate of drug-likeness (QED) is 0.870. The molecule has 0 bridgehead atoms. The monoisotopic (exact) mass is 346 g/mol. The molecule has 0 unspecified atom stereocenters. The first-order valence-corrected chi connectivity index (χ1v) is 7.20. The van der Waals surface area contributed by atoms with Crippen LogP contribution in [0, 0.1) is 0 Å². The molecule has 0 fully saturated rings. The minimum atomic E-state index is -4.50. The molecule has 1 aromatic heterocycles. The number of nitrogens with zero attached hydrogens (tertiary/aromatic N) is 2. The average molecular weight is 346 g/mol. The molecule has 0 aliphatic carbocycles. The van der Waals surface area contributed by atoms with E-state index in [1.807, 2.05) is 0 Å². The van der Waals surface area contributed by atoms with Crippen LogP contribution in [0.4, 0.5) is 24.0 Å². The van der Waals surface area contributed by atoms with E-state index in [0.29, 0.717) is 22.8 Å². The topological polar surface area (TPSA) is 76.1 Å². The Hall–Kier alpha value is -2.36. The van der Waals surface area contributed by atoms with Crippen LogP contribution in [-0.4, -0.2) is 23.2 Å². The van der Waals surface area contributed by atoms with Gasteiger partial charge in [0.25, 0.3) is 0 Å². The molecule has 0 saturated heterocycles. The van der Waals surface area contributed by atoms with Gasteiger partial charge in [0.15, 0.2) is 0 Å². The van der Waals surface area contributed by atoms with Crippen LogP contribution in [0.1, 0.15) is 17.5 Å². The van der Waals surface area contributed by atoms with Crippen molar-refractivity contribution in [1.82, 2.24) is 10.2 Å². The number of benzene rings is 1. The van der Waals surface area contributed by atoms with Gasteiger partial charge in [-0.15, -0.1) is 10.2 Å². The molecule has 0 radical (unpaired) electrons. The first-order valence-electron chi connectivity index (χ1n) is 6.38. The summed E-state index contributed by atoms with van der Waals surface area (Å²) in [6.07, 6.45) is -4.50. The Morgan fingerprint density at radius 3 is 2.65 bits per heavy atom. The van der Waals surface area contributed by atoms with E-state index in [0.717, 1.165) is 5.56 Å². The Balaban J connectivity index is 2.08. The van der Waals surface area contributed by atoms with Gasteiger partial charge in [-0.2, -0.15) is 13.2 Å². The number of halogens is 3. The number of aromatic nitrogens is 2. The summed E-state index contributed by atoms with van der Waals surface area (Å²) >= 11 is 0.429. The second-order valence-electron chi connectivity index (χ2n) is 4.48. The fourth-order valence-electron chi connectivity index (χ4n) is 1.74. The van der Waals surface area contributed by atoms with Gasteiger partial charge in [0.2, 0.25) is 16.0 Å². The number of hydrogen-bond acceptors (Lipinski definition) is 6. The Morgan fingerprint density at radius 2 is 2.09 bits per heavy atom. The second-order valence-corrected chi connectivity index (χ2v) is 5.46. The third-order valence-corrected chi connectivity index (χ3v) is 3.61. The largest absolute Gasteiger partial charge is 0.495 e. The molecule has 10 heteroatoms. The zero-order valence-corrected chi connectivity index (χ0v) is 13.0. The van der Waals surface area contributed by atoms with Crippen LogP contribution >= 0.6 is 11.3 Å². The molecule has 0 aliphatic rings. The van der Waals surface area contributed by atoms with Crippen molar-refractivity contribution in [2.45, 2.75) is 19.6 Å². The highest BCUT2D eigenvalue weighted by atomic mass is 32.1. The maximum atomic E-state index is 12.4. The van der Waals surface area contributed by atoms with E-state index < -0.39 is 11.2 Å². The van der Waals surface area contributed by atoms with Crippen molar-refractivity contribution < 1.29 is 22.7 Å². The Labute approximate surface area is 133 Å². The van der Waals surface area contributed by atoms with E-state index >= 15 is 0 Å². The lowest BCUT2D eigenvalue weighted by molar-refractivity contribution is -0.138. The molecular weight excluding hydrogens is 333 g/mol. The SMILES string of the molecule is COc1ccc(CNc2nnc(C(F)(F)F)s2)cc1NC(C)=O. The van der Waals surface area contributed by atoms with Crippen molar-refractivity contribution in [2.24, 2.45) is 0 Å². The van der Waals surface area contributed by atoms with Crippen molar-refractivity contribution in [2.75, 3.05) is 17.7 Å². The second kappa shape index (κ2) is 6.82. The zero-order chi connectivity index (χ0) is 17.0. The van der Waals surface area contributed by atoms with Gasteiger partial charge in [-0.25, -0.2) is 0 Å². The highest BCUT2D eigenvalue weighted by Crippen LogP contribution is 2.33. The molecule has 2 rings (SSSR count). The zero-order valence-electron chi connectivity index (χ0n) is 12.2. The van der Waals surface area contributed by atoms with Gasteiger partial charge in [-0.3, -0.25) is 4.79 Å². The normalized spacial score (nSPS) is 11.2. The minimum Gasteiger partial charge on any atom is -0.495 e. The third kappa shape index (κ3) is 4.55. The number of anilines is 2. The molecule has 124 valence electrons. The number of carbonyl (C=O) groups excluding carboxylic acids is 1. The summed E-state index contributed by atoms with van der Waals surface area (Å²) < 4.78 is 42.5. The summed E-state index contributed by atoms with van der Waals surface area (Å²) in [5.74, 6) is 0.228. The summed E-state index contributed by atoms with van der Waals surface area (Å²) in [5.41, 5.74) is 1.21. The van der Waals surface area contributed by atoms with Crippen molar-refractivity contribution >= 4 is 28.1 Å². The lowest BCUT2D eigenvalue weighted by Gasteiger charge is -2.11. The van der Waals surface area contributed by atoms with Gasteiger partial charge in [0.1, 0.15) is 5.75 Å². The van der Waals surface area contributed by atoms with E-state index in [2.05, 4.69) is 20.8 Å². The number of ether oxygens (including phenoxy) is 1. The predicted octanol–water partition coefficient (Wildman–Crippen LogP) is 3.14. The van der Waals surface area contributed by atoms with Crippen LogP contribution in [0.5, 0.6) is 5.75 Å². The maximum Gasteiger partial charge on any atom is 0.445 e. The van der Waals surface area contributed by atoms with Gasteiger partial charge in [0, 0.05) is 13.5 Å². The maximum absolute atomic E-state index is 12.4. The highest BCUT2D eigenvalue weighted by Gasteiger charge is 2.35. The molecule has 0 aliphatic heterocycles. The van der Waals surface area contributed by atoms with Crippen LogP contribution in [0.2, 0.25) is 0 Å². The Bertz CT molecular complexity index is 703. The van der Waals surface area contributed by atoms with E-state index in [-0.39, 0.29) is 17.6 Å². The van der Waals surface area contributed by atoms with Gasteiger partial charge < -0.3 is 15.4 Å². The van der Waals surface area contributed by atoms with E-state index in [4.69, 9.17) is 4.74 Å².